The molecule has 0 radical (unpaired) electrons. The summed E-state index contributed by atoms with van der Waals surface area (Å²) in [4.78, 5) is 0. The van der Waals surface area contributed by atoms with Crippen molar-refractivity contribution in [2.24, 2.45) is 0 Å². The maximum absolute atomic E-state index is 11.3. The Morgan fingerprint density at radius 1 is 1.33 bits per heavy atom. The van der Waals surface area contributed by atoms with Crippen LogP contribution >= 0.6 is 12.6 Å². The molecule has 6 heteroatoms. The zero-order chi connectivity index (χ0) is 8.51. The molecule has 0 aromatic rings. The predicted molar refractivity (Wildman–Crippen MR) is 43.6 cm³/mol. The van der Waals surface area contributed by atoms with E-state index in [4.69, 9.17) is 8.92 Å². The van der Waals surface area contributed by atoms with Crippen LogP contribution in [0.1, 0.15) is 6.42 Å². The van der Waals surface area contributed by atoms with E-state index in [1.165, 1.54) is 0 Å². The van der Waals surface area contributed by atoms with Crippen LogP contribution in [0, 0.1) is 0 Å². The molecule has 3 heterocycles. The molecule has 3 aliphatic rings. The summed E-state index contributed by atoms with van der Waals surface area (Å²) >= 11 is 4.26. The first kappa shape index (κ1) is 7.61. The maximum atomic E-state index is 11.3. The average molecular weight is 208 g/mol. The third-order valence-electron chi connectivity index (χ3n) is 2.82. The van der Waals surface area contributed by atoms with Crippen LogP contribution in [0.15, 0.2) is 0 Å². The van der Waals surface area contributed by atoms with Crippen LogP contribution in [-0.4, -0.2) is 37.2 Å². The standard InChI is InChI=1S/C6H8O4S2/c7-12(8)3-1-2-6(11)5(10-12)4(3)9-2/h2-6,11H,1H2. The van der Waals surface area contributed by atoms with E-state index in [2.05, 4.69) is 12.6 Å². The second kappa shape index (κ2) is 2.00. The van der Waals surface area contributed by atoms with E-state index >= 15 is 0 Å². The monoisotopic (exact) mass is 208 g/mol. The summed E-state index contributed by atoms with van der Waals surface area (Å²) in [7, 11) is -3.34. The lowest BCUT2D eigenvalue weighted by molar-refractivity contribution is 0.0838. The fraction of sp³-hybridized carbons (Fsp3) is 1.00. The minimum Gasteiger partial charge on any atom is -0.369 e. The molecule has 3 saturated heterocycles. The summed E-state index contributed by atoms with van der Waals surface area (Å²) in [5.74, 6) is 0. The summed E-state index contributed by atoms with van der Waals surface area (Å²) < 4.78 is 32.9. The molecule has 68 valence electrons. The molecule has 5 unspecified atom stereocenters. The van der Waals surface area contributed by atoms with Crippen molar-refractivity contribution < 1.29 is 17.3 Å². The number of hydrogen-bond acceptors (Lipinski definition) is 5. The van der Waals surface area contributed by atoms with Gasteiger partial charge in [0, 0.05) is 0 Å². The molecular formula is C6H8O4S2. The number of ether oxygens (including phenoxy) is 1. The molecule has 0 N–H and O–H groups in total. The second-order valence-corrected chi connectivity index (χ2v) is 5.84. The van der Waals surface area contributed by atoms with Crippen molar-refractivity contribution in [3.8, 4) is 0 Å². The Balaban J connectivity index is 2.11. The molecular weight excluding hydrogens is 200 g/mol. The summed E-state index contributed by atoms with van der Waals surface area (Å²) in [5, 5.41) is -0.487. The van der Waals surface area contributed by atoms with Gasteiger partial charge in [-0.3, -0.25) is 4.18 Å². The first-order valence-electron chi connectivity index (χ1n) is 3.85. The Morgan fingerprint density at radius 3 is 2.67 bits per heavy atom. The molecule has 3 fully saturated rings. The molecule has 0 amide bonds. The molecule has 0 aromatic carbocycles. The van der Waals surface area contributed by atoms with Gasteiger partial charge in [0.25, 0.3) is 10.1 Å². The van der Waals surface area contributed by atoms with Gasteiger partial charge in [-0.05, 0) is 6.42 Å². The quantitative estimate of drug-likeness (QED) is 0.433. The first-order valence-corrected chi connectivity index (χ1v) is 5.84. The summed E-state index contributed by atoms with van der Waals surface area (Å²) in [6.07, 6.45) is -0.0484. The smallest absolute Gasteiger partial charge is 0.273 e. The lowest BCUT2D eigenvalue weighted by Crippen LogP contribution is -2.35. The molecule has 5 atom stereocenters. The Kier molecular flexibility index (Phi) is 1.27. The zero-order valence-electron chi connectivity index (χ0n) is 6.08. The minimum atomic E-state index is -3.34. The lowest BCUT2D eigenvalue weighted by Gasteiger charge is -2.15. The van der Waals surface area contributed by atoms with Crippen LogP contribution in [-0.2, 0) is 19.0 Å². The molecule has 4 nitrogen and oxygen atoms in total. The molecule has 3 rings (SSSR count). The number of fused-ring (bicyclic) bond motifs is 1. The van der Waals surface area contributed by atoms with E-state index in [1.54, 1.807) is 0 Å². The van der Waals surface area contributed by atoms with Crippen molar-refractivity contribution in [3.05, 3.63) is 0 Å². The van der Waals surface area contributed by atoms with Gasteiger partial charge in [-0.1, -0.05) is 0 Å². The number of thiol groups is 1. The molecule has 0 saturated carbocycles. The molecule has 0 aromatic heterocycles. The highest BCUT2D eigenvalue weighted by molar-refractivity contribution is 7.87. The topological polar surface area (TPSA) is 52.6 Å². The summed E-state index contributed by atoms with van der Waals surface area (Å²) in [6, 6.07) is 0. The molecule has 2 bridgehead atoms. The largest absolute Gasteiger partial charge is 0.369 e. The van der Waals surface area contributed by atoms with Crippen LogP contribution in [0.3, 0.4) is 0 Å². The Labute approximate surface area is 75.8 Å². The maximum Gasteiger partial charge on any atom is 0.273 e. The number of rotatable bonds is 0. The van der Waals surface area contributed by atoms with Crippen molar-refractivity contribution in [3.63, 3.8) is 0 Å². The normalized spacial score (nSPS) is 59.6. The van der Waals surface area contributed by atoms with E-state index in [0.29, 0.717) is 6.42 Å². The first-order chi connectivity index (χ1) is 5.59. The van der Waals surface area contributed by atoms with Crippen LogP contribution in [0.25, 0.3) is 0 Å². The summed E-state index contributed by atoms with van der Waals surface area (Å²) in [6.45, 7) is 0. The Hall–Kier alpha value is 0.220. The van der Waals surface area contributed by atoms with Crippen molar-refractivity contribution in [2.45, 2.75) is 35.2 Å². The van der Waals surface area contributed by atoms with Gasteiger partial charge in [-0.2, -0.15) is 21.0 Å². The third kappa shape index (κ3) is 0.700. The Morgan fingerprint density at radius 2 is 2.08 bits per heavy atom. The second-order valence-electron chi connectivity index (χ2n) is 3.46. The van der Waals surface area contributed by atoms with Gasteiger partial charge in [0.15, 0.2) is 0 Å². The third-order valence-corrected chi connectivity index (χ3v) is 5.14. The van der Waals surface area contributed by atoms with Gasteiger partial charge in [-0.25, -0.2) is 0 Å². The molecule has 0 spiro atoms. The van der Waals surface area contributed by atoms with Crippen LogP contribution in [0.4, 0.5) is 0 Å². The van der Waals surface area contributed by atoms with Gasteiger partial charge in [-0.15, -0.1) is 0 Å². The van der Waals surface area contributed by atoms with E-state index in [-0.39, 0.29) is 23.6 Å². The van der Waals surface area contributed by atoms with Crippen LogP contribution in [0.2, 0.25) is 0 Å². The Bertz CT molecular complexity index is 324. The number of hydrogen-bond donors (Lipinski definition) is 1. The SMILES string of the molecule is O=S1(=O)OC2C(S)C3CC1C2O3. The van der Waals surface area contributed by atoms with Crippen molar-refractivity contribution in [2.75, 3.05) is 0 Å². The van der Waals surface area contributed by atoms with Crippen molar-refractivity contribution >= 4 is 22.7 Å². The van der Waals surface area contributed by atoms with Gasteiger partial charge in [0.2, 0.25) is 0 Å². The van der Waals surface area contributed by atoms with Gasteiger partial charge >= 0.3 is 0 Å². The van der Waals surface area contributed by atoms with E-state index < -0.39 is 15.4 Å². The van der Waals surface area contributed by atoms with Crippen LogP contribution < -0.4 is 0 Å². The van der Waals surface area contributed by atoms with Crippen LogP contribution in [0.5, 0.6) is 0 Å². The highest BCUT2D eigenvalue weighted by Gasteiger charge is 2.64. The molecule has 3 aliphatic heterocycles. The molecule has 12 heavy (non-hydrogen) atoms. The predicted octanol–water partition coefficient (Wildman–Crippen LogP) is -0.447. The minimum absolute atomic E-state index is 0.0226. The summed E-state index contributed by atoms with van der Waals surface area (Å²) in [5.41, 5.74) is 0. The lowest BCUT2D eigenvalue weighted by atomic mass is 9.97. The van der Waals surface area contributed by atoms with E-state index in [0.717, 1.165) is 0 Å². The van der Waals surface area contributed by atoms with Gasteiger partial charge in [0.1, 0.15) is 17.5 Å². The van der Waals surface area contributed by atoms with Gasteiger partial charge < -0.3 is 4.74 Å². The zero-order valence-corrected chi connectivity index (χ0v) is 7.79. The molecule has 0 aliphatic carbocycles. The van der Waals surface area contributed by atoms with Gasteiger partial charge in [0.05, 0.1) is 11.4 Å². The van der Waals surface area contributed by atoms with Crippen molar-refractivity contribution in [1.29, 1.82) is 0 Å². The highest BCUT2D eigenvalue weighted by atomic mass is 32.2. The van der Waals surface area contributed by atoms with E-state index in [9.17, 15) is 8.42 Å². The fourth-order valence-electron chi connectivity index (χ4n) is 2.24. The van der Waals surface area contributed by atoms with Crippen molar-refractivity contribution in [1.82, 2.24) is 0 Å². The van der Waals surface area contributed by atoms with E-state index in [1.807, 2.05) is 0 Å². The average Bonchev–Trinajstić information content (AvgIpc) is 2.54. The highest BCUT2D eigenvalue weighted by Crippen LogP contribution is 2.48. The fourth-order valence-corrected chi connectivity index (χ4v) is 4.40.